The maximum Gasteiger partial charge on any atom is 0.174 e. The SMILES string of the molecule is O=C(COc1ccccc1)Cc1cccc(F)c1Br. The van der Waals surface area contributed by atoms with Gasteiger partial charge in [0.1, 0.15) is 18.2 Å². The summed E-state index contributed by atoms with van der Waals surface area (Å²) in [6.07, 6.45) is 0.144. The minimum absolute atomic E-state index is 0.0209. The summed E-state index contributed by atoms with van der Waals surface area (Å²) in [7, 11) is 0. The van der Waals surface area contributed by atoms with Crippen molar-refractivity contribution in [3.8, 4) is 5.75 Å². The number of hydrogen-bond donors (Lipinski definition) is 0. The van der Waals surface area contributed by atoms with Crippen molar-refractivity contribution in [2.75, 3.05) is 6.61 Å². The molecule has 0 saturated carbocycles. The van der Waals surface area contributed by atoms with Crippen LogP contribution in [-0.4, -0.2) is 12.4 Å². The van der Waals surface area contributed by atoms with Gasteiger partial charge in [0, 0.05) is 6.42 Å². The van der Waals surface area contributed by atoms with E-state index in [1.807, 2.05) is 18.2 Å². The number of carbonyl (C=O) groups is 1. The molecule has 0 unspecified atom stereocenters. The summed E-state index contributed by atoms with van der Waals surface area (Å²) in [5, 5.41) is 0. The fraction of sp³-hybridized carbons (Fsp3) is 0.133. The van der Waals surface area contributed by atoms with Crippen LogP contribution in [0.25, 0.3) is 0 Å². The molecule has 4 heteroatoms. The monoisotopic (exact) mass is 322 g/mol. The Hall–Kier alpha value is -1.68. The molecule has 0 aromatic heterocycles. The van der Waals surface area contributed by atoms with Gasteiger partial charge in [0.25, 0.3) is 0 Å². The third kappa shape index (κ3) is 3.89. The third-order valence-electron chi connectivity index (χ3n) is 2.56. The second kappa shape index (κ2) is 6.48. The zero-order valence-electron chi connectivity index (χ0n) is 10.1. The molecule has 0 aliphatic rings. The normalized spacial score (nSPS) is 10.2. The van der Waals surface area contributed by atoms with Crippen LogP contribution in [0.3, 0.4) is 0 Å². The van der Waals surface area contributed by atoms with Crippen molar-refractivity contribution in [3.05, 3.63) is 64.4 Å². The number of ketones is 1. The van der Waals surface area contributed by atoms with Gasteiger partial charge >= 0.3 is 0 Å². The molecule has 0 aliphatic carbocycles. The first-order valence-corrected chi connectivity index (χ1v) is 6.58. The van der Waals surface area contributed by atoms with E-state index in [-0.39, 0.29) is 24.6 Å². The van der Waals surface area contributed by atoms with Crippen molar-refractivity contribution in [3.63, 3.8) is 0 Å². The lowest BCUT2D eigenvalue weighted by atomic mass is 10.1. The Balaban J connectivity index is 1.93. The van der Waals surface area contributed by atoms with Gasteiger partial charge in [0.15, 0.2) is 5.78 Å². The molecule has 0 spiro atoms. The van der Waals surface area contributed by atoms with E-state index in [9.17, 15) is 9.18 Å². The molecule has 0 atom stereocenters. The number of carbonyl (C=O) groups excluding carboxylic acids is 1. The van der Waals surface area contributed by atoms with Gasteiger partial charge < -0.3 is 4.74 Å². The fourth-order valence-corrected chi connectivity index (χ4v) is 2.03. The molecule has 98 valence electrons. The molecule has 2 nitrogen and oxygen atoms in total. The third-order valence-corrected chi connectivity index (χ3v) is 3.45. The van der Waals surface area contributed by atoms with E-state index < -0.39 is 0 Å². The zero-order chi connectivity index (χ0) is 13.7. The second-order valence-electron chi connectivity index (χ2n) is 4.03. The van der Waals surface area contributed by atoms with Crippen LogP contribution in [0.15, 0.2) is 53.0 Å². The van der Waals surface area contributed by atoms with Gasteiger partial charge in [0.05, 0.1) is 4.47 Å². The first-order chi connectivity index (χ1) is 9.16. The van der Waals surface area contributed by atoms with Crippen molar-refractivity contribution in [2.45, 2.75) is 6.42 Å². The zero-order valence-corrected chi connectivity index (χ0v) is 11.7. The van der Waals surface area contributed by atoms with E-state index in [1.54, 1.807) is 24.3 Å². The van der Waals surface area contributed by atoms with E-state index in [2.05, 4.69) is 15.9 Å². The van der Waals surface area contributed by atoms with Gasteiger partial charge in [-0.3, -0.25) is 4.79 Å². The van der Waals surface area contributed by atoms with Crippen LogP contribution in [0.1, 0.15) is 5.56 Å². The number of ether oxygens (including phenoxy) is 1. The molecule has 0 bridgehead atoms. The Bertz CT molecular complexity index is 570. The van der Waals surface area contributed by atoms with Crippen LogP contribution >= 0.6 is 15.9 Å². The molecule has 0 heterocycles. The molecule has 0 amide bonds. The van der Waals surface area contributed by atoms with E-state index in [1.165, 1.54) is 6.07 Å². The van der Waals surface area contributed by atoms with Crippen molar-refractivity contribution in [2.24, 2.45) is 0 Å². The highest BCUT2D eigenvalue weighted by Gasteiger charge is 2.10. The number of rotatable bonds is 5. The molecule has 2 aromatic carbocycles. The second-order valence-corrected chi connectivity index (χ2v) is 4.82. The average Bonchev–Trinajstić information content (AvgIpc) is 2.43. The molecule has 0 N–H and O–H groups in total. The summed E-state index contributed by atoms with van der Waals surface area (Å²) in [5.74, 6) is 0.179. The predicted molar refractivity (Wildman–Crippen MR) is 74.7 cm³/mol. The van der Waals surface area contributed by atoms with E-state index in [0.717, 1.165) is 0 Å². The molecule has 0 aliphatic heterocycles. The standard InChI is InChI=1S/C15H12BrFO2/c16-15-11(5-4-8-14(15)17)9-12(18)10-19-13-6-2-1-3-7-13/h1-8H,9-10H2. The number of Topliss-reactive ketones (excluding diaryl/α,β-unsaturated/α-hetero) is 1. The van der Waals surface area contributed by atoms with Gasteiger partial charge in [-0.25, -0.2) is 4.39 Å². The van der Waals surface area contributed by atoms with Gasteiger partial charge in [-0.2, -0.15) is 0 Å². The van der Waals surface area contributed by atoms with E-state index in [0.29, 0.717) is 15.8 Å². The summed E-state index contributed by atoms with van der Waals surface area (Å²) < 4.78 is 19.0. The minimum atomic E-state index is -0.366. The molecule has 0 fully saturated rings. The van der Waals surface area contributed by atoms with Crippen LogP contribution in [0, 0.1) is 5.82 Å². The summed E-state index contributed by atoms with van der Waals surface area (Å²) in [5.41, 5.74) is 0.627. The number of halogens is 2. The molecule has 19 heavy (non-hydrogen) atoms. The Morgan fingerprint density at radius 1 is 1.11 bits per heavy atom. The largest absolute Gasteiger partial charge is 0.486 e. The van der Waals surface area contributed by atoms with Gasteiger partial charge in [-0.05, 0) is 39.7 Å². The summed E-state index contributed by atoms with van der Waals surface area (Å²) in [6.45, 7) is -0.0209. The number of hydrogen-bond acceptors (Lipinski definition) is 2. The Kier molecular flexibility index (Phi) is 4.68. The first kappa shape index (κ1) is 13.7. The average molecular weight is 323 g/mol. The van der Waals surface area contributed by atoms with E-state index >= 15 is 0 Å². The lowest BCUT2D eigenvalue weighted by molar-refractivity contribution is -0.120. The molecule has 0 saturated heterocycles. The van der Waals surface area contributed by atoms with Crippen molar-refractivity contribution < 1.29 is 13.9 Å². The van der Waals surface area contributed by atoms with Gasteiger partial charge in [0.2, 0.25) is 0 Å². The first-order valence-electron chi connectivity index (χ1n) is 5.79. The quantitative estimate of drug-likeness (QED) is 0.837. The molecule has 2 aromatic rings. The number of benzene rings is 2. The maximum absolute atomic E-state index is 13.3. The van der Waals surface area contributed by atoms with Crippen LogP contribution < -0.4 is 4.74 Å². The van der Waals surface area contributed by atoms with Gasteiger partial charge in [-0.1, -0.05) is 30.3 Å². The van der Waals surface area contributed by atoms with Gasteiger partial charge in [-0.15, -0.1) is 0 Å². The summed E-state index contributed by atoms with van der Waals surface area (Å²) >= 11 is 3.14. The molecular weight excluding hydrogens is 311 g/mol. The predicted octanol–water partition coefficient (Wildman–Crippen LogP) is 3.78. The highest BCUT2D eigenvalue weighted by Crippen LogP contribution is 2.21. The summed E-state index contributed by atoms with van der Waals surface area (Å²) in [6, 6.07) is 13.8. The smallest absolute Gasteiger partial charge is 0.174 e. The van der Waals surface area contributed by atoms with Crippen molar-refractivity contribution in [1.82, 2.24) is 0 Å². The Labute approximate surface area is 119 Å². The lowest BCUT2D eigenvalue weighted by Crippen LogP contribution is -2.14. The topological polar surface area (TPSA) is 26.3 Å². The number of para-hydroxylation sites is 1. The highest BCUT2D eigenvalue weighted by atomic mass is 79.9. The Morgan fingerprint density at radius 2 is 1.84 bits per heavy atom. The van der Waals surface area contributed by atoms with Crippen LogP contribution in [-0.2, 0) is 11.2 Å². The minimum Gasteiger partial charge on any atom is -0.486 e. The highest BCUT2D eigenvalue weighted by molar-refractivity contribution is 9.10. The Morgan fingerprint density at radius 3 is 2.58 bits per heavy atom. The lowest BCUT2D eigenvalue weighted by Gasteiger charge is -2.07. The maximum atomic E-state index is 13.3. The summed E-state index contributed by atoms with van der Waals surface area (Å²) in [4.78, 5) is 11.8. The van der Waals surface area contributed by atoms with E-state index in [4.69, 9.17) is 4.74 Å². The van der Waals surface area contributed by atoms with Crippen molar-refractivity contribution in [1.29, 1.82) is 0 Å². The molecule has 0 radical (unpaired) electrons. The van der Waals surface area contributed by atoms with Crippen LogP contribution in [0.5, 0.6) is 5.75 Å². The van der Waals surface area contributed by atoms with Crippen LogP contribution in [0.2, 0.25) is 0 Å². The van der Waals surface area contributed by atoms with Crippen molar-refractivity contribution >= 4 is 21.7 Å². The van der Waals surface area contributed by atoms with Crippen LogP contribution in [0.4, 0.5) is 4.39 Å². The molecular formula is C15H12BrFO2. The fourth-order valence-electron chi connectivity index (χ4n) is 1.63. The molecule has 2 rings (SSSR count).